The third-order valence-corrected chi connectivity index (χ3v) is 2.33. The average Bonchev–Trinajstić information content (AvgIpc) is 2.09. The molecular weight excluding hydrogens is 172 g/mol. The van der Waals surface area contributed by atoms with Crippen molar-refractivity contribution in [2.75, 3.05) is 26.2 Å². The van der Waals surface area contributed by atoms with Gasteiger partial charge in [0.2, 0.25) is 0 Å². The first-order chi connectivity index (χ1) is 6.57. The molecule has 14 heavy (non-hydrogen) atoms. The van der Waals surface area contributed by atoms with Gasteiger partial charge in [0.25, 0.3) is 0 Å². The maximum Gasteiger partial charge on any atom is 0.0110 e. The Hall–Kier alpha value is -0.0800. The molecule has 0 heterocycles. The molecule has 0 amide bonds. The lowest BCUT2D eigenvalue weighted by Crippen LogP contribution is -2.39. The van der Waals surface area contributed by atoms with Crippen molar-refractivity contribution < 1.29 is 0 Å². The summed E-state index contributed by atoms with van der Waals surface area (Å²) in [7, 11) is 0. The highest BCUT2D eigenvalue weighted by Crippen LogP contribution is 2.02. The smallest absolute Gasteiger partial charge is 0.0110 e. The van der Waals surface area contributed by atoms with E-state index in [4.69, 9.17) is 0 Å². The van der Waals surface area contributed by atoms with Crippen molar-refractivity contribution >= 4 is 0 Å². The lowest BCUT2D eigenvalue weighted by Gasteiger charge is -2.28. The van der Waals surface area contributed by atoms with Crippen molar-refractivity contribution in [3.63, 3.8) is 0 Å². The van der Waals surface area contributed by atoms with Crippen LogP contribution in [0.2, 0.25) is 0 Å². The van der Waals surface area contributed by atoms with Crippen LogP contribution in [0.4, 0.5) is 0 Å². The van der Waals surface area contributed by atoms with Crippen LogP contribution >= 0.6 is 0 Å². The van der Waals surface area contributed by atoms with Crippen LogP contribution in [0.15, 0.2) is 0 Å². The zero-order valence-corrected chi connectivity index (χ0v) is 10.6. The molecule has 86 valence electrons. The molecule has 0 rings (SSSR count). The molecule has 0 atom stereocenters. The molecule has 0 fully saturated rings. The maximum atomic E-state index is 3.45. The van der Waals surface area contributed by atoms with Crippen molar-refractivity contribution in [1.29, 1.82) is 0 Å². The van der Waals surface area contributed by atoms with Crippen LogP contribution < -0.4 is 5.32 Å². The lowest BCUT2D eigenvalue weighted by molar-refractivity contribution is 0.198. The molecule has 0 radical (unpaired) electrons. The van der Waals surface area contributed by atoms with Crippen LogP contribution in [-0.2, 0) is 0 Å². The fourth-order valence-electron chi connectivity index (χ4n) is 1.55. The topological polar surface area (TPSA) is 15.3 Å². The molecule has 1 N–H and O–H groups in total. The molecule has 0 aromatic heterocycles. The summed E-state index contributed by atoms with van der Waals surface area (Å²) in [6.07, 6.45) is 1.23. The molecule has 0 unspecified atom stereocenters. The normalized spacial score (nSPS) is 12.0. The predicted octanol–water partition coefficient (Wildman–Crippen LogP) is 2.35. The van der Waals surface area contributed by atoms with Gasteiger partial charge < -0.3 is 5.32 Å². The molecule has 0 aliphatic carbocycles. The van der Waals surface area contributed by atoms with E-state index in [1.54, 1.807) is 0 Å². The van der Waals surface area contributed by atoms with Gasteiger partial charge in [0, 0.05) is 25.7 Å². The second-order valence-corrected chi connectivity index (χ2v) is 4.73. The molecular formula is C12H28N2. The summed E-state index contributed by atoms with van der Waals surface area (Å²) in [5.74, 6) is 0.767. The second-order valence-electron chi connectivity index (χ2n) is 4.73. The van der Waals surface area contributed by atoms with E-state index < -0.39 is 0 Å². The first-order valence-corrected chi connectivity index (χ1v) is 6.02. The Bertz CT molecular complexity index is 121. The van der Waals surface area contributed by atoms with Gasteiger partial charge in [0.05, 0.1) is 0 Å². The summed E-state index contributed by atoms with van der Waals surface area (Å²) in [5, 5.41) is 3.45. The number of nitrogens with one attached hydrogen (secondary N) is 1. The predicted molar refractivity (Wildman–Crippen MR) is 64.7 cm³/mol. The minimum absolute atomic E-state index is 0.667. The lowest BCUT2D eigenvalue weighted by atomic mass is 10.2. The average molecular weight is 200 g/mol. The zero-order chi connectivity index (χ0) is 11.0. The minimum Gasteiger partial charge on any atom is -0.315 e. The first-order valence-electron chi connectivity index (χ1n) is 6.02. The number of hydrogen-bond acceptors (Lipinski definition) is 2. The van der Waals surface area contributed by atoms with Crippen LogP contribution in [-0.4, -0.2) is 37.1 Å². The first kappa shape index (κ1) is 13.9. The van der Waals surface area contributed by atoms with Crippen molar-refractivity contribution in [3.05, 3.63) is 0 Å². The van der Waals surface area contributed by atoms with Crippen LogP contribution in [0.25, 0.3) is 0 Å². The zero-order valence-electron chi connectivity index (χ0n) is 10.6. The van der Waals surface area contributed by atoms with E-state index in [1.807, 2.05) is 0 Å². The maximum absolute atomic E-state index is 3.45. The van der Waals surface area contributed by atoms with Gasteiger partial charge in [-0.2, -0.15) is 0 Å². The molecule has 0 aliphatic rings. The van der Waals surface area contributed by atoms with Gasteiger partial charge in [0.15, 0.2) is 0 Å². The quantitative estimate of drug-likeness (QED) is 0.605. The van der Waals surface area contributed by atoms with E-state index in [0.29, 0.717) is 6.04 Å². The Kier molecular flexibility index (Phi) is 8.20. The van der Waals surface area contributed by atoms with Gasteiger partial charge >= 0.3 is 0 Å². The summed E-state index contributed by atoms with van der Waals surface area (Å²) in [6.45, 7) is 16.0. The Morgan fingerprint density at radius 1 is 1.07 bits per heavy atom. The molecule has 0 bridgehead atoms. The largest absolute Gasteiger partial charge is 0.315 e. The minimum atomic E-state index is 0.667. The summed E-state index contributed by atoms with van der Waals surface area (Å²) >= 11 is 0. The Morgan fingerprint density at radius 2 is 1.71 bits per heavy atom. The van der Waals surface area contributed by atoms with Gasteiger partial charge in [-0.3, -0.25) is 4.90 Å². The van der Waals surface area contributed by atoms with Crippen LogP contribution in [0.1, 0.15) is 41.0 Å². The van der Waals surface area contributed by atoms with Crippen LogP contribution in [0, 0.1) is 5.92 Å². The van der Waals surface area contributed by atoms with E-state index in [-0.39, 0.29) is 0 Å². The number of rotatable bonds is 8. The summed E-state index contributed by atoms with van der Waals surface area (Å²) < 4.78 is 0. The van der Waals surface area contributed by atoms with Crippen molar-refractivity contribution in [2.45, 2.75) is 47.1 Å². The van der Waals surface area contributed by atoms with E-state index in [9.17, 15) is 0 Å². The van der Waals surface area contributed by atoms with Crippen molar-refractivity contribution in [3.8, 4) is 0 Å². The Labute approximate surface area is 90.1 Å². The van der Waals surface area contributed by atoms with Gasteiger partial charge in [-0.25, -0.2) is 0 Å². The van der Waals surface area contributed by atoms with Gasteiger partial charge in [-0.05, 0) is 32.7 Å². The van der Waals surface area contributed by atoms with Crippen molar-refractivity contribution in [2.24, 2.45) is 5.92 Å². The standard InChI is InChI=1S/C12H28N2/c1-6-7-13-8-9-14(12(4)5)10-11(2)3/h11-13H,6-10H2,1-5H3. The molecule has 2 nitrogen and oxygen atoms in total. The molecule has 0 saturated heterocycles. The highest BCUT2D eigenvalue weighted by molar-refractivity contribution is 4.65. The molecule has 0 spiro atoms. The second kappa shape index (κ2) is 8.25. The van der Waals surface area contributed by atoms with Gasteiger partial charge in [-0.15, -0.1) is 0 Å². The molecule has 0 aliphatic heterocycles. The number of hydrogen-bond donors (Lipinski definition) is 1. The monoisotopic (exact) mass is 200 g/mol. The van der Waals surface area contributed by atoms with E-state index in [1.165, 1.54) is 19.5 Å². The third-order valence-electron chi connectivity index (χ3n) is 2.33. The fraction of sp³-hybridized carbons (Fsp3) is 1.00. The Morgan fingerprint density at radius 3 is 2.14 bits per heavy atom. The SMILES string of the molecule is CCCNCCN(CC(C)C)C(C)C. The summed E-state index contributed by atoms with van der Waals surface area (Å²) in [4.78, 5) is 2.55. The summed E-state index contributed by atoms with van der Waals surface area (Å²) in [6, 6.07) is 0.667. The highest BCUT2D eigenvalue weighted by Gasteiger charge is 2.09. The number of nitrogens with zero attached hydrogens (tertiary/aromatic N) is 1. The van der Waals surface area contributed by atoms with Gasteiger partial charge in [-0.1, -0.05) is 20.8 Å². The molecule has 2 heteroatoms. The van der Waals surface area contributed by atoms with Crippen molar-refractivity contribution in [1.82, 2.24) is 10.2 Å². The fourth-order valence-corrected chi connectivity index (χ4v) is 1.55. The van der Waals surface area contributed by atoms with Crippen LogP contribution in [0.3, 0.4) is 0 Å². The summed E-state index contributed by atoms with van der Waals surface area (Å²) in [5.41, 5.74) is 0. The van der Waals surface area contributed by atoms with E-state index in [0.717, 1.165) is 19.0 Å². The Balaban J connectivity index is 3.63. The van der Waals surface area contributed by atoms with Gasteiger partial charge in [0.1, 0.15) is 0 Å². The molecule has 0 saturated carbocycles. The third kappa shape index (κ3) is 7.34. The van der Waals surface area contributed by atoms with Crippen LogP contribution in [0.5, 0.6) is 0 Å². The molecule has 0 aromatic carbocycles. The highest BCUT2D eigenvalue weighted by atomic mass is 15.2. The van der Waals surface area contributed by atoms with E-state index in [2.05, 4.69) is 44.8 Å². The molecule has 0 aromatic rings. The van der Waals surface area contributed by atoms with E-state index >= 15 is 0 Å².